The minimum absolute atomic E-state index is 0.520. The smallest absolute Gasteiger partial charge is 0.140 e. The number of hydrogen-bond acceptors (Lipinski definition) is 5. The molecule has 0 unspecified atom stereocenters. The minimum Gasteiger partial charge on any atom is -0.358 e. The van der Waals surface area contributed by atoms with E-state index in [2.05, 4.69) is 54.1 Å². The summed E-state index contributed by atoms with van der Waals surface area (Å²) in [6, 6.07) is 2.74. The molecule has 0 aromatic carbocycles. The summed E-state index contributed by atoms with van der Waals surface area (Å²) in [5.41, 5.74) is 0. The molecule has 0 bridgehead atoms. The molecule has 1 N–H and O–H groups in total. The van der Waals surface area contributed by atoms with E-state index in [9.17, 15) is 0 Å². The molecule has 0 fully saturated rings. The molecule has 0 amide bonds. The Kier molecular flexibility index (Phi) is 4.71. The van der Waals surface area contributed by atoms with Crippen molar-refractivity contribution in [2.24, 2.45) is 0 Å². The second-order valence-corrected chi connectivity index (χ2v) is 6.13. The Morgan fingerprint density at radius 2 is 2.16 bits per heavy atom. The number of nitrogens with one attached hydrogen (secondary N) is 1. The van der Waals surface area contributed by atoms with Crippen LogP contribution < -0.4 is 10.2 Å². The van der Waals surface area contributed by atoms with Crippen LogP contribution in [0.3, 0.4) is 0 Å². The van der Waals surface area contributed by atoms with Crippen LogP contribution >= 0.6 is 11.3 Å². The van der Waals surface area contributed by atoms with Crippen molar-refractivity contribution in [3.05, 3.63) is 17.3 Å². The first-order valence-electron chi connectivity index (χ1n) is 6.79. The standard InChI is InChI=1S/C14H22N4S/c1-5-11-8-12-13(16-9-17-14(12)19-11)18(4)7-6-15-10(2)3/h8-10,15H,5-7H2,1-4H3. The minimum atomic E-state index is 0.520. The lowest BCUT2D eigenvalue weighted by molar-refractivity contribution is 0.588. The maximum atomic E-state index is 4.45. The van der Waals surface area contributed by atoms with E-state index in [-0.39, 0.29) is 0 Å². The number of aromatic nitrogens is 2. The predicted octanol–water partition coefficient (Wildman–Crippen LogP) is 2.69. The van der Waals surface area contributed by atoms with Crippen molar-refractivity contribution in [2.45, 2.75) is 33.2 Å². The van der Waals surface area contributed by atoms with E-state index in [1.807, 2.05) is 0 Å². The predicted molar refractivity (Wildman–Crippen MR) is 83.2 cm³/mol. The molecule has 0 saturated heterocycles. The largest absolute Gasteiger partial charge is 0.358 e. The summed E-state index contributed by atoms with van der Waals surface area (Å²) in [5, 5.41) is 4.61. The Balaban J connectivity index is 2.16. The summed E-state index contributed by atoms with van der Waals surface area (Å²) >= 11 is 1.76. The van der Waals surface area contributed by atoms with Gasteiger partial charge in [0.1, 0.15) is 17.0 Å². The topological polar surface area (TPSA) is 41.0 Å². The number of nitrogens with zero attached hydrogens (tertiary/aromatic N) is 3. The van der Waals surface area contributed by atoms with Gasteiger partial charge in [0.25, 0.3) is 0 Å². The first kappa shape index (κ1) is 14.2. The van der Waals surface area contributed by atoms with E-state index in [1.54, 1.807) is 17.7 Å². The highest BCUT2D eigenvalue weighted by Gasteiger charge is 2.11. The quantitative estimate of drug-likeness (QED) is 0.882. The van der Waals surface area contributed by atoms with Gasteiger partial charge in [0, 0.05) is 31.1 Å². The van der Waals surface area contributed by atoms with Gasteiger partial charge in [-0.05, 0) is 12.5 Å². The van der Waals surface area contributed by atoms with Crippen LogP contribution in [0.5, 0.6) is 0 Å². The van der Waals surface area contributed by atoms with E-state index in [0.717, 1.165) is 30.2 Å². The Bertz CT molecular complexity index is 535. The maximum absolute atomic E-state index is 4.45. The molecule has 104 valence electrons. The van der Waals surface area contributed by atoms with Crippen molar-refractivity contribution in [1.29, 1.82) is 0 Å². The highest BCUT2D eigenvalue weighted by Crippen LogP contribution is 2.29. The van der Waals surface area contributed by atoms with Gasteiger partial charge in [-0.25, -0.2) is 9.97 Å². The highest BCUT2D eigenvalue weighted by atomic mass is 32.1. The molecule has 2 aromatic rings. The summed E-state index contributed by atoms with van der Waals surface area (Å²) in [7, 11) is 2.09. The average molecular weight is 278 g/mol. The molecule has 0 radical (unpaired) electrons. The van der Waals surface area contributed by atoms with Crippen molar-refractivity contribution < 1.29 is 0 Å². The SMILES string of the molecule is CCc1cc2c(N(C)CCNC(C)C)ncnc2s1. The summed E-state index contributed by atoms with van der Waals surface area (Å²) in [6.07, 6.45) is 2.72. The Hall–Kier alpha value is -1.20. The van der Waals surface area contributed by atoms with Gasteiger partial charge < -0.3 is 10.2 Å². The van der Waals surface area contributed by atoms with Crippen molar-refractivity contribution in [1.82, 2.24) is 15.3 Å². The summed E-state index contributed by atoms with van der Waals surface area (Å²) in [6.45, 7) is 8.41. The molecule has 0 aliphatic heterocycles. The summed E-state index contributed by atoms with van der Waals surface area (Å²) < 4.78 is 0. The monoisotopic (exact) mass is 278 g/mol. The van der Waals surface area contributed by atoms with Gasteiger partial charge in [-0.3, -0.25) is 0 Å². The molecule has 0 saturated carbocycles. The van der Waals surface area contributed by atoms with Crippen LogP contribution in [-0.2, 0) is 6.42 Å². The van der Waals surface area contributed by atoms with Crippen molar-refractivity contribution >= 4 is 27.4 Å². The van der Waals surface area contributed by atoms with Crippen LogP contribution in [0.1, 0.15) is 25.6 Å². The van der Waals surface area contributed by atoms with Gasteiger partial charge in [0.2, 0.25) is 0 Å². The molecule has 2 aromatic heterocycles. The number of thiophene rings is 1. The van der Waals surface area contributed by atoms with E-state index >= 15 is 0 Å². The van der Waals surface area contributed by atoms with Gasteiger partial charge in [-0.1, -0.05) is 20.8 Å². The van der Waals surface area contributed by atoms with Crippen LogP contribution in [0.25, 0.3) is 10.2 Å². The molecular formula is C14H22N4S. The Morgan fingerprint density at radius 3 is 2.84 bits per heavy atom. The molecule has 19 heavy (non-hydrogen) atoms. The zero-order valence-corrected chi connectivity index (χ0v) is 12.9. The normalized spacial score (nSPS) is 11.4. The molecule has 0 aliphatic rings. The third-order valence-electron chi connectivity index (χ3n) is 3.07. The molecule has 2 heterocycles. The molecule has 0 atom stereocenters. The molecular weight excluding hydrogens is 256 g/mol. The second-order valence-electron chi connectivity index (χ2n) is 5.01. The Labute approximate surface area is 118 Å². The van der Waals surface area contributed by atoms with Crippen molar-refractivity contribution in [3.63, 3.8) is 0 Å². The van der Waals surface area contributed by atoms with Gasteiger partial charge in [0.05, 0.1) is 5.39 Å². The van der Waals surface area contributed by atoms with Crippen molar-refractivity contribution in [3.8, 4) is 0 Å². The molecule has 5 heteroatoms. The lowest BCUT2D eigenvalue weighted by atomic mass is 10.3. The van der Waals surface area contributed by atoms with Crippen LogP contribution in [0.2, 0.25) is 0 Å². The number of likely N-dealkylation sites (N-methyl/N-ethyl adjacent to an activating group) is 1. The number of aryl methyl sites for hydroxylation is 1. The Morgan fingerprint density at radius 1 is 1.37 bits per heavy atom. The number of hydrogen-bond donors (Lipinski definition) is 1. The lowest BCUT2D eigenvalue weighted by Crippen LogP contribution is -2.33. The zero-order chi connectivity index (χ0) is 13.8. The lowest BCUT2D eigenvalue weighted by Gasteiger charge is -2.19. The average Bonchev–Trinajstić information content (AvgIpc) is 2.80. The number of rotatable bonds is 6. The fourth-order valence-corrected chi connectivity index (χ4v) is 2.93. The van der Waals surface area contributed by atoms with E-state index in [0.29, 0.717) is 6.04 Å². The zero-order valence-electron chi connectivity index (χ0n) is 12.1. The van der Waals surface area contributed by atoms with Gasteiger partial charge in [0.15, 0.2) is 0 Å². The van der Waals surface area contributed by atoms with Gasteiger partial charge in [-0.15, -0.1) is 11.3 Å². The van der Waals surface area contributed by atoms with Crippen LogP contribution in [0.15, 0.2) is 12.4 Å². The molecule has 0 spiro atoms. The first-order valence-corrected chi connectivity index (χ1v) is 7.61. The molecule has 0 aliphatic carbocycles. The van der Waals surface area contributed by atoms with E-state index in [4.69, 9.17) is 0 Å². The molecule has 4 nitrogen and oxygen atoms in total. The number of fused-ring (bicyclic) bond motifs is 1. The number of anilines is 1. The summed E-state index contributed by atoms with van der Waals surface area (Å²) in [4.78, 5) is 13.5. The van der Waals surface area contributed by atoms with Gasteiger partial charge in [-0.2, -0.15) is 0 Å². The third kappa shape index (κ3) is 3.42. The maximum Gasteiger partial charge on any atom is 0.140 e. The first-order chi connectivity index (χ1) is 9.11. The van der Waals surface area contributed by atoms with E-state index in [1.165, 1.54) is 10.3 Å². The van der Waals surface area contributed by atoms with E-state index < -0.39 is 0 Å². The fraction of sp³-hybridized carbons (Fsp3) is 0.571. The second kappa shape index (κ2) is 6.30. The van der Waals surface area contributed by atoms with Crippen LogP contribution in [0.4, 0.5) is 5.82 Å². The summed E-state index contributed by atoms with van der Waals surface area (Å²) in [5.74, 6) is 1.03. The van der Waals surface area contributed by atoms with Crippen LogP contribution in [-0.4, -0.2) is 36.1 Å². The van der Waals surface area contributed by atoms with Gasteiger partial charge >= 0.3 is 0 Å². The van der Waals surface area contributed by atoms with Crippen molar-refractivity contribution in [2.75, 3.05) is 25.0 Å². The highest BCUT2D eigenvalue weighted by molar-refractivity contribution is 7.18. The fourth-order valence-electron chi connectivity index (χ4n) is 2.00. The third-order valence-corrected chi connectivity index (χ3v) is 4.26. The van der Waals surface area contributed by atoms with Crippen LogP contribution in [0, 0.1) is 0 Å². The molecule has 2 rings (SSSR count).